The van der Waals surface area contributed by atoms with Crippen molar-refractivity contribution in [1.29, 1.82) is 0 Å². The average molecular weight is 380 g/mol. The molecule has 0 spiro atoms. The second kappa shape index (κ2) is 7.15. The van der Waals surface area contributed by atoms with Crippen LogP contribution in [0.3, 0.4) is 0 Å². The second-order valence-corrected chi connectivity index (χ2v) is 7.09. The number of hydrogen-bond acceptors (Lipinski definition) is 3. The van der Waals surface area contributed by atoms with Crippen molar-refractivity contribution in [2.24, 2.45) is 0 Å². The van der Waals surface area contributed by atoms with Crippen molar-refractivity contribution in [3.05, 3.63) is 77.8 Å². The van der Waals surface area contributed by atoms with Crippen molar-refractivity contribution >= 4 is 50.6 Å². The highest BCUT2D eigenvalue weighted by atomic mass is 35.5. The Morgan fingerprint density at radius 1 is 0.885 bits per heavy atom. The van der Waals surface area contributed by atoms with Crippen LogP contribution in [0.2, 0.25) is 5.02 Å². The van der Waals surface area contributed by atoms with Crippen molar-refractivity contribution in [1.82, 2.24) is 4.98 Å². The number of urea groups is 1. The van der Waals surface area contributed by atoms with Crippen LogP contribution in [-0.4, -0.2) is 11.0 Å². The van der Waals surface area contributed by atoms with Crippen LogP contribution in [-0.2, 0) is 0 Å². The van der Waals surface area contributed by atoms with E-state index < -0.39 is 0 Å². The lowest BCUT2D eigenvalue weighted by Gasteiger charge is -2.10. The van der Waals surface area contributed by atoms with Gasteiger partial charge < -0.3 is 10.6 Å². The van der Waals surface area contributed by atoms with Crippen LogP contribution in [0.1, 0.15) is 0 Å². The van der Waals surface area contributed by atoms with E-state index in [1.807, 2.05) is 48.5 Å². The van der Waals surface area contributed by atoms with Crippen molar-refractivity contribution in [3.63, 3.8) is 0 Å². The van der Waals surface area contributed by atoms with Crippen LogP contribution in [0.15, 0.2) is 72.8 Å². The number of para-hydroxylation sites is 2. The smallest absolute Gasteiger partial charge is 0.308 e. The molecule has 128 valence electrons. The standard InChI is InChI=1S/C20H14ClN3OS/c21-13-9-11-14(12-10-13)22-20(25)24-16-6-2-1-5-15(16)19-23-17-7-3-4-8-18(17)26-19/h1-12H,(H2,22,24,25). The lowest BCUT2D eigenvalue weighted by molar-refractivity contribution is 0.262. The van der Waals surface area contributed by atoms with E-state index in [0.717, 1.165) is 20.8 Å². The summed E-state index contributed by atoms with van der Waals surface area (Å²) in [5.41, 5.74) is 3.22. The van der Waals surface area contributed by atoms with Gasteiger partial charge in [-0.3, -0.25) is 0 Å². The fourth-order valence-corrected chi connectivity index (χ4v) is 3.72. The third kappa shape index (κ3) is 3.54. The first-order chi connectivity index (χ1) is 12.7. The van der Waals surface area contributed by atoms with E-state index in [4.69, 9.17) is 11.6 Å². The summed E-state index contributed by atoms with van der Waals surface area (Å²) in [6.07, 6.45) is 0. The summed E-state index contributed by atoms with van der Waals surface area (Å²) >= 11 is 7.47. The maximum absolute atomic E-state index is 12.4. The Bertz CT molecular complexity index is 1040. The number of thiazole rings is 1. The highest BCUT2D eigenvalue weighted by Crippen LogP contribution is 2.34. The number of nitrogens with one attached hydrogen (secondary N) is 2. The summed E-state index contributed by atoms with van der Waals surface area (Å²) in [6, 6.07) is 22.3. The van der Waals surface area contributed by atoms with Crippen LogP contribution in [0.5, 0.6) is 0 Å². The molecule has 2 N–H and O–H groups in total. The largest absolute Gasteiger partial charge is 0.323 e. The SMILES string of the molecule is O=C(Nc1ccc(Cl)cc1)Nc1ccccc1-c1nc2ccccc2s1. The second-order valence-electron chi connectivity index (χ2n) is 5.62. The maximum atomic E-state index is 12.4. The molecule has 0 saturated heterocycles. The molecule has 4 nitrogen and oxygen atoms in total. The number of hydrogen-bond donors (Lipinski definition) is 2. The van der Waals surface area contributed by atoms with Gasteiger partial charge >= 0.3 is 6.03 Å². The molecule has 4 rings (SSSR count). The van der Waals surface area contributed by atoms with E-state index in [0.29, 0.717) is 16.4 Å². The van der Waals surface area contributed by atoms with Gasteiger partial charge in [0.15, 0.2) is 0 Å². The number of nitrogens with zero attached hydrogens (tertiary/aromatic N) is 1. The van der Waals surface area contributed by atoms with Gasteiger partial charge in [0.2, 0.25) is 0 Å². The van der Waals surface area contributed by atoms with E-state index in [9.17, 15) is 4.79 Å². The Kier molecular flexibility index (Phi) is 4.56. The van der Waals surface area contributed by atoms with Gasteiger partial charge in [0, 0.05) is 16.3 Å². The molecule has 0 aliphatic carbocycles. The maximum Gasteiger partial charge on any atom is 0.323 e. The van der Waals surface area contributed by atoms with Gasteiger partial charge in [-0.05, 0) is 48.5 Å². The molecule has 0 aliphatic rings. The molecule has 4 aromatic rings. The lowest BCUT2D eigenvalue weighted by atomic mass is 10.2. The number of fused-ring (bicyclic) bond motifs is 1. The molecule has 0 atom stereocenters. The molecule has 3 aromatic carbocycles. The summed E-state index contributed by atoms with van der Waals surface area (Å²) in [5.74, 6) is 0. The molecule has 0 fully saturated rings. The zero-order valence-corrected chi connectivity index (χ0v) is 15.1. The average Bonchev–Trinajstić information content (AvgIpc) is 3.08. The van der Waals surface area contributed by atoms with Gasteiger partial charge in [0.25, 0.3) is 0 Å². The molecule has 0 unspecified atom stereocenters. The van der Waals surface area contributed by atoms with E-state index >= 15 is 0 Å². The summed E-state index contributed by atoms with van der Waals surface area (Å²) in [7, 11) is 0. The third-order valence-electron chi connectivity index (χ3n) is 3.80. The molecule has 1 aromatic heterocycles. The zero-order valence-electron chi connectivity index (χ0n) is 13.6. The van der Waals surface area contributed by atoms with Gasteiger partial charge in [-0.1, -0.05) is 35.9 Å². The quantitative estimate of drug-likeness (QED) is 0.441. The molecule has 0 bridgehead atoms. The highest BCUT2D eigenvalue weighted by Gasteiger charge is 2.12. The third-order valence-corrected chi connectivity index (χ3v) is 5.12. The van der Waals surface area contributed by atoms with E-state index in [-0.39, 0.29) is 6.03 Å². The van der Waals surface area contributed by atoms with Crippen molar-refractivity contribution in [2.45, 2.75) is 0 Å². The number of aromatic nitrogens is 1. The molecule has 2 amide bonds. The number of carbonyl (C=O) groups is 1. The molecule has 26 heavy (non-hydrogen) atoms. The number of benzene rings is 3. The summed E-state index contributed by atoms with van der Waals surface area (Å²) < 4.78 is 1.11. The van der Waals surface area contributed by atoms with Gasteiger partial charge in [0.1, 0.15) is 5.01 Å². The van der Waals surface area contributed by atoms with Gasteiger partial charge in [-0.2, -0.15) is 0 Å². The predicted octanol–water partition coefficient (Wildman–Crippen LogP) is 6.26. The molecule has 0 aliphatic heterocycles. The molecule has 0 radical (unpaired) electrons. The van der Waals surface area contributed by atoms with Crippen molar-refractivity contribution < 1.29 is 4.79 Å². The highest BCUT2D eigenvalue weighted by molar-refractivity contribution is 7.21. The fourth-order valence-electron chi connectivity index (χ4n) is 2.58. The number of halogens is 1. The number of carbonyl (C=O) groups excluding carboxylic acids is 1. The minimum Gasteiger partial charge on any atom is -0.308 e. The minimum atomic E-state index is -0.319. The molecule has 1 heterocycles. The zero-order chi connectivity index (χ0) is 17.9. The van der Waals surface area contributed by atoms with Crippen molar-refractivity contribution in [2.75, 3.05) is 10.6 Å². The van der Waals surface area contributed by atoms with Crippen LogP contribution >= 0.6 is 22.9 Å². The van der Waals surface area contributed by atoms with E-state index in [1.165, 1.54) is 0 Å². The molecule has 0 saturated carbocycles. The van der Waals surface area contributed by atoms with Gasteiger partial charge in [0.05, 0.1) is 15.9 Å². The van der Waals surface area contributed by atoms with E-state index in [1.54, 1.807) is 35.6 Å². The van der Waals surface area contributed by atoms with Crippen LogP contribution in [0.25, 0.3) is 20.8 Å². The Hall–Kier alpha value is -2.89. The molecule has 6 heteroatoms. The van der Waals surface area contributed by atoms with Crippen LogP contribution in [0, 0.1) is 0 Å². The van der Waals surface area contributed by atoms with Crippen molar-refractivity contribution in [3.8, 4) is 10.6 Å². The summed E-state index contributed by atoms with van der Waals surface area (Å²) in [4.78, 5) is 17.0. The summed E-state index contributed by atoms with van der Waals surface area (Å²) in [6.45, 7) is 0. The first kappa shape index (κ1) is 16.6. The molecular weight excluding hydrogens is 366 g/mol. The normalized spacial score (nSPS) is 10.7. The number of anilines is 2. The lowest BCUT2D eigenvalue weighted by Crippen LogP contribution is -2.19. The first-order valence-corrected chi connectivity index (χ1v) is 9.17. The number of amides is 2. The monoisotopic (exact) mass is 379 g/mol. The van der Waals surface area contributed by atoms with E-state index in [2.05, 4.69) is 15.6 Å². The van der Waals surface area contributed by atoms with Crippen LogP contribution < -0.4 is 10.6 Å². The van der Waals surface area contributed by atoms with Gasteiger partial charge in [-0.25, -0.2) is 9.78 Å². The Morgan fingerprint density at radius 3 is 2.42 bits per heavy atom. The Labute approximate surface area is 159 Å². The minimum absolute atomic E-state index is 0.319. The topological polar surface area (TPSA) is 54.0 Å². The first-order valence-electron chi connectivity index (χ1n) is 7.97. The summed E-state index contributed by atoms with van der Waals surface area (Å²) in [5, 5.41) is 7.19. The molecular formula is C20H14ClN3OS. The predicted molar refractivity (Wildman–Crippen MR) is 109 cm³/mol. The Balaban J connectivity index is 1.59. The Morgan fingerprint density at radius 2 is 1.62 bits per heavy atom. The number of rotatable bonds is 3. The fraction of sp³-hybridized carbons (Fsp3) is 0. The van der Waals surface area contributed by atoms with Gasteiger partial charge in [-0.15, -0.1) is 11.3 Å². The van der Waals surface area contributed by atoms with Crippen LogP contribution in [0.4, 0.5) is 16.2 Å².